The van der Waals surface area contributed by atoms with E-state index in [9.17, 15) is 4.79 Å². The molecule has 0 aromatic heterocycles. The lowest BCUT2D eigenvalue weighted by atomic mass is 10.1. The fraction of sp³-hybridized carbons (Fsp3) is 0.167. The van der Waals surface area contributed by atoms with Crippen LogP contribution in [0.5, 0.6) is 11.5 Å². The van der Waals surface area contributed by atoms with Crippen LogP contribution < -0.4 is 14.8 Å². The number of rotatable bonds is 6. The Bertz CT molecular complexity index is 871. The molecule has 1 N–H and O–H groups in total. The zero-order chi connectivity index (χ0) is 18.4. The van der Waals surface area contributed by atoms with Gasteiger partial charge in [0.15, 0.2) is 5.17 Å². The van der Waals surface area contributed by atoms with Gasteiger partial charge in [-0.3, -0.25) is 4.79 Å². The first-order valence-corrected chi connectivity index (χ1v) is 9.09. The zero-order valence-corrected chi connectivity index (χ0v) is 15.5. The Labute approximate surface area is 160 Å². The van der Waals surface area contributed by atoms with E-state index >= 15 is 0 Å². The molecule has 0 saturated carbocycles. The fourth-order valence-electron chi connectivity index (χ4n) is 2.24. The number of amidine groups is 1. The van der Waals surface area contributed by atoms with Crippen molar-refractivity contribution < 1.29 is 14.3 Å². The van der Waals surface area contributed by atoms with Crippen LogP contribution in [0.3, 0.4) is 0 Å². The van der Waals surface area contributed by atoms with E-state index in [0.717, 1.165) is 11.1 Å². The fourth-order valence-corrected chi connectivity index (χ4v) is 3.05. The van der Waals surface area contributed by atoms with Crippen molar-refractivity contribution in [2.45, 2.75) is 6.61 Å². The van der Waals surface area contributed by atoms with Crippen molar-refractivity contribution >= 4 is 40.7 Å². The summed E-state index contributed by atoms with van der Waals surface area (Å²) in [6.07, 6.45) is 1.61. The van der Waals surface area contributed by atoms with E-state index in [4.69, 9.17) is 21.1 Å². The molecule has 1 aliphatic rings. The molecule has 6 nitrogen and oxygen atoms in total. The van der Waals surface area contributed by atoms with Gasteiger partial charge in [-0.1, -0.05) is 29.4 Å². The van der Waals surface area contributed by atoms with Crippen LogP contribution in [0.1, 0.15) is 11.1 Å². The number of nitrogens with one attached hydrogen (secondary N) is 1. The monoisotopic (exact) mass is 389 g/mol. The van der Waals surface area contributed by atoms with E-state index in [1.54, 1.807) is 25.5 Å². The van der Waals surface area contributed by atoms with Crippen molar-refractivity contribution in [1.82, 2.24) is 5.32 Å². The molecule has 0 spiro atoms. The second kappa shape index (κ2) is 8.73. The molecule has 1 aliphatic heterocycles. The van der Waals surface area contributed by atoms with Gasteiger partial charge in [-0.2, -0.15) is 5.10 Å². The number of hydrogen-bond donors (Lipinski definition) is 1. The maximum absolute atomic E-state index is 11.1. The molecule has 0 atom stereocenters. The Balaban J connectivity index is 1.70. The smallest absolute Gasteiger partial charge is 0.236 e. The largest absolute Gasteiger partial charge is 0.496 e. The van der Waals surface area contributed by atoms with Crippen molar-refractivity contribution in [3.63, 3.8) is 0 Å². The Morgan fingerprint density at radius 1 is 1.31 bits per heavy atom. The quantitative estimate of drug-likeness (QED) is 0.606. The Kier molecular flexibility index (Phi) is 6.14. The average molecular weight is 390 g/mol. The molecule has 0 unspecified atom stereocenters. The molecule has 0 radical (unpaired) electrons. The van der Waals surface area contributed by atoms with Crippen LogP contribution in [0, 0.1) is 0 Å². The van der Waals surface area contributed by atoms with Gasteiger partial charge in [0.2, 0.25) is 5.91 Å². The normalized spacial score (nSPS) is 15.5. The van der Waals surface area contributed by atoms with E-state index in [1.165, 1.54) is 11.8 Å². The third-order valence-electron chi connectivity index (χ3n) is 3.44. The molecule has 1 fully saturated rings. The highest BCUT2D eigenvalue weighted by Gasteiger charge is 2.15. The third kappa shape index (κ3) is 5.00. The number of halogens is 1. The predicted molar refractivity (Wildman–Crippen MR) is 104 cm³/mol. The van der Waals surface area contributed by atoms with Gasteiger partial charge in [-0.05, 0) is 42.0 Å². The Hall–Kier alpha value is -2.51. The number of methoxy groups -OCH3 is 1. The molecular formula is C18H16ClN3O3S. The molecule has 2 aromatic carbocycles. The van der Waals surface area contributed by atoms with Crippen molar-refractivity contribution in [2.75, 3.05) is 12.9 Å². The molecule has 0 bridgehead atoms. The first kappa shape index (κ1) is 18.3. The molecule has 1 heterocycles. The van der Waals surface area contributed by atoms with Crippen molar-refractivity contribution in [3.8, 4) is 11.5 Å². The highest BCUT2D eigenvalue weighted by molar-refractivity contribution is 8.15. The SMILES string of the molecule is COc1ccc(C=NN=C2NC(=O)CS2)cc1COc1cccc(Cl)c1. The maximum atomic E-state index is 11.1. The summed E-state index contributed by atoms with van der Waals surface area (Å²) in [5.41, 5.74) is 1.71. The van der Waals surface area contributed by atoms with Gasteiger partial charge in [0, 0.05) is 10.6 Å². The van der Waals surface area contributed by atoms with Crippen LogP contribution in [0.4, 0.5) is 0 Å². The van der Waals surface area contributed by atoms with Gasteiger partial charge < -0.3 is 14.8 Å². The lowest BCUT2D eigenvalue weighted by Crippen LogP contribution is -2.19. The number of benzene rings is 2. The van der Waals surface area contributed by atoms with Crippen LogP contribution in [0.2, 0.25) is 5.02 Å². The van der Waals surface area contributed by atoms with E-state index in [-0.39, 0.29) is 5.91 Å². The van der Waals surface area contributed by atoms with Gasteiger partial charge in [0.1, 0.15) is 18.1 Å². The number of thioether (sulfide) groups is 1. The molecule has 2 aromatic rings. The number of ether oxygens (including phenoxy) is 2. The molecule has 8 heteroatoms. The highest BCUT2D eigenvalue weighted by Crippen LogP contribution is 2.23. The van der Waals surface area contributed by atoms with Crippen molar-refractivity contribution in [1.29, 1.82) is 0 Å². The number of amides is 1. The zero-order valence-electron chi connectivity index (χ0n) is 13.9. The second-order valence-corrected chi connectivity index (χ2v) is 6.70. The summed E-state index contributed by atoms with van der Waals surface area (Å²) in [5.74, 6) is 1.71. The number of nitrogens with zero attached hydrogens (tertiary/aromatic N) is 2. The van der Waals surface area contributed by atoms with Crippen LogP contribution in [-0.4, -0.2) is 30.2 Å². The minimum atomic E-state index is -0.0613. The Morgan fingerprint density at radius 3 is 2.92 bits per heavy atom. The molecule has 26 heavy (non-hydrogen) atoms. The number of carbonyl (C=O) groups excluding carboxylic acids is 1. The highest BCUT2D eigenvalue weighted by atomic mass is 35.5. The van der Waals surface area contributed by atoms with E-state index in [1.807, 2.05) is 30.3 Å². The van der Waals surface area contributed by atoms with Gasteiger partial charge >= 0.3 is 0 Å². The topological polar surface area (TPSA) is 72.3 Å². The standard InChI is InChI=1S/C18H16ClN3O3S/c1-24-16-6-5-12(9-20-22-18-21-17(23)11-26-18)7-13(16)10-25-15-4-2-3-14(19)8-15/h2-9H,10-11H2,1H3,(H,21,22,23). The van der Waals surface area contributed by atoms with Crippen LogP contribution >= 0.6 is 23.4 Å². The summed E-state index contributed by atoms with van der Waals surface area (Å²) in [4.78, 5) is 11.1. The predicted octanol–water partition coefficient (Wildman–Crippen LogP) is 3.48. The van der Waals surface area contributed by atoms with Crippen molar-refractivity contribution in [3.05, 3.63) is 58.6 Å². The van der Waals surface area contributed by atoms with Gasteiger partial charge in [0.05, 0.1) is 19.1 Å². The van der Waals surface area contributed by atoms with Crippen LogP contribution in [0.25, 0.3) is 0 Å². The minimum Gasteiger partial charge on any atom is -0.496 e. The minimum absolute atomic E-state index is 0.0613. The molecule has 134 valence electrons. The van der Waals surface area contributed by atoms with Crippen LogP contribution in [0.15, 0.2) is 52.7 Å². The molecule has 0 aliphatic carbocycles. The number of hydrogen-bond acceptors (Lipinski definition) is 6. The average Bonchev–Trinajstić information content (AvgIpc) is 3.05. The van der Waals surface area contributed by atoms with E-state index in [2.05, 4.69) is 15.5 Å². The summed E-state index contributed by atoms with van der Waals surface area (Å²) in [6.45, 7) is 0.325. The summed E-state index contributed by atoms with van der Waals surface area (Å²) in [7, 11) is 1.61. The third-order valence-corrected chi connectivity index (χ3v) is 4.54. The summed E-state index contributed by atoms with van der Waals surface area (Å²) in [6, 6.07) is 12.8. The second-order valence-electron chi connectivity index (χ2n) is 5.30. The molecule has 3 rings (SSSR count). The summed E-state index contributed by atoms with van der Waals surface area (Å²) < 4.78 is 11.2. The van der Waals surface area contributed by atoms with E-state index < -0.39 is 0 Å². The molecule has 1 saturated heterocycles. The van der Waals surface area contributed by atoms with Crippen LogP contribution in [-0.2, 0) is 11.4 Å². The van der Waals surface area contributed by atoms with Gasteiger partial charge in [-0.25, -0.2) is 0 Å². The lowest BCUT2D eigenvalue weighted by Gasteiger charge is -2.11. The van der Waals surface area contributed by atoms with Gasteiger partial charge in [-0.15, -0.1) is 5.10 Å². The summed E-state index contributed by atoms with van der Waals surface area (Å²) >= 11 is 7.29. The Morgan fingerprint density at radius 2 is 2.19 bits per heavy atom. The number of carbonyl (C=O) groups is 1. The maximum Gasteiger partial charge on any atom is 0.236 e. The first-order chi connectivity index (χ1) is 12.6. The van der Waals surface area contributed by atoms with E-state index in [0.29, 0.717) is 34.0 Å². The van der Waals surface area contributed by atoms with Gasteiger partial charge in [0.25, 0.3) is 0 Å². The lowest BCUT2D eigenvalue weighted by molar-refractivity contribution is -0.116. The summed E-state index contributed by atoms with van der Waals surface area (Å²) in [5, 5.41) is 11.7. The first-order valence-electron chi connectivity index (χ1n) is 7.73. The molecular weight excluding hydrogens is 374 g/mol. The van der Waals surface area contributed by atoms with Crippen molar-refractivity contribution in [2.24, 2.45) is 10.2 Å². The molecule has 1 amide bonds.